The molecule has 1 aromatic heterocycles. The molecule has 216 valence electrons. The van der Waals surface area contributed by atoms with Crippen molar-refractivity contribution >= 4 is 16.8 Å². The number of fused-ring (bicyclic) bond motifs is 2. The monoisotopic (exact) mass is 594 g/mol. The number of nitrogens with one attached hydrogen (secondary N) is 1. The Morgan fingerprint density at radius 2 is 1.29 bits per heavy atom. The Morgan fingerprint density at radius 3 is 1.95 bits per heavy atom. The molecule has 0 radical (unpaired) electrons. The van der Waals surface area contributed by atoms with Crippen molar-refractivity contribution in [3.05, 3.63) is 89.8 Å². The molecule has 1 N–H and O–H groups in total. The molecule has 0 saturated carbocycles. The highest BCUT2D eigenvalue weighted by Gasteiger charge is 2.40. The van der Waals surface area contributed by atoms with Crippen molar-refractivity contribution in [2.75, 3.05) is 12.0 Å². The number of benzene rings is 4. The summed E-state index contributed by atoms with van der Waals surface area (Å²) >= 11 is 0. The molecule has 0 spiro atoms. The molecule has 0 unspecified atom stereocenters. The first kappa shape index (κ1) is 27.5. The molecule has 0 saturated heterocycles. The lowest BCUT2D eigenvalue weighted by Crippen LogP contribution is -2.12. The Labute approximate surface area is 230 Å². The molecule has 0 fully saturated rings. The van der Waals surface area contributed by atoms with Crippen molar-refractivity contribution < 1.29 is 48.7 Å². The van der Waals surface area contributed by atoms with Crippen LogP contribution in [0.4, 0.5) is 45.2 Å². The van der Waals surface area contributed by atoms with E-state index < -0.39 is 40.8 Å². The van der Waals surface area contributed by atoms with Gasteiger partial charge < -0.3 is 14.5 Å². The summed E-state index contributed by atoms with van der Waals surface area (Å²) < 4.78 is 136. The normalized spacial score (nSPS) is 13.6. The zero-order chi connectivity index (χ0) is 30.0. The Hall–Kier alpha value is -4.68. The highest BCUT2D eigenvalue weighted by atomic mass is 19.4. The van der Waals surface area contributed by atoms with Crippen molar-refractivity contribution in [2.45, 2.75) is 18.5 Å². The van der Waals surface area contributed by atoms with E-state index >= 15 is 0 Å². The van der Waals surface area contributed by atoms with Gasteiger partial charge in [0.2, 0.25) is 0 Å². The molecule has 5 aromatic rings. The lowest BCUT2D eigenvalue weighted by atomic mass is 9.87. The van der Waals surface area contributed by atoms with E-state index in [1.54, 1.807) is 0 Å². The van der Waals surface area contributed by atoms with Gasteiger partial charge in [0.15, 0.2) is 24.5 Å². The first-order valence-electron chi connectivity index (χ1n) is 12.1. The van der Waals surface area contributed by atoms with Gasteiger partial charge in [-0.3, -0.25) is 0 Å². The van der Waals surface area contributed by atoms with Gasteiger partial charge in [-0.15, -0.1) is 0 Å². The fraction of sp³-hybridized carbons (Fsp3) is 0.138. The summed E-state index contributed by atoms with van der Waals surface area (Å²) in [7, 11) is 0. The third-order valence-electron chi connectivity index (χ3n) is 6.84. The van der Waals surface area contributed by atoms with E-state index in [1.807, 2.05) is 0 Å². The topological polar surface area (TPSA) is 47.3 Å². The fourth-order valence-corrected chi connectivity index (χ4v) is 5.14. The number of halogens is 9. The number of hydrogen-bond donors (Lipinski definition) is 1. The highest BCUT2D eigenvalue weighted by Crippen LogP contribution is 2.54. The summed E-state index contributed by atoms with van der Waals surface area (Å²) in [4.78, 5) is 4.18. The second kappa shape index (κ2) is 9.43. The first-order chi connectivity index (χ1) is 19.8. The Morgan fingerprint density at radius 1 is 0.643 bits per heavy atom. The van der Waals surface area contributed by atoms with Gasteiger partial charge in [0.05, 0.1) is 33.5 Å². The molecular weight excluding hydrogens is 579 g/mol. The van der Waals surface area contributed by atoms with Crippen molar-refractivity contribution in [3.63, 3.8) is 0 Å². The minimum Gasteiger partial charge on any atom is -0.470 e. The second-order valence-electron chi connectivity index (χ2n) is 9.29. The zero-order valence-electron chi connectivity index (χ0n) is 20.8. The quantitative estimate of drug-likeness (QED) is 0.211. The van der Waals surface area contributed by atoms with E-state index in [0.29, 0.717) is 6.07 Å². The average Bonchev–Trinajstić information content (AvgIpc) is 3.60. The van der Waals surface area contributed by atoms with Crippen LogP contribution < -0.4 is 10.1 Å². The van der Waals surface area contributed by atoms with Crippen LogP contribution in [-0.4, -0.2) is 11.7 Å². The van der Waals surface area contributed by atoms with Gasteiger partial charge in [-0.2, -0.15) is 39.5 Å². The number of aromatic nitrogens is 1. The summed E-state index contributed by atoms with van der Waals surface area (Å²) in [6.07, 6.45) is -13.9. The molecular formula is C29H15F9N2O2. The number of oxazole rings is 1. The van der Waals surface area contributed by atoms with Crippen LogP contribution >= 0.6 is 0 Å². The van der Waals surface area contributed by atoms with Gasteiger partial charge in [-0.25, -0.2) is 4.98 Å². The molecule has 6 rings (SSSR count). The summed E-state index contributed by atoms with van der Waals surface area (Å²) in [6.45, 7) is -0.188. The van der Waals surface area contributed by atoms with Crippen molar-refractivity contribution in [3.8, 4) is 39.1 Å². The maximum atomic E-state index is 14.1. The lowest BCUT2D eigenvalue weighted by Gasteiger charge is -2.20. The van der Waals surface area contributed by atoms with Gasteiger partial charge in [-0.05, 0) is 40.5 Å². The number of hydrogen-bond acceptors (Lipinski definition) is 4. The number of ether oxygens (including phenoxy) is 1. The van der Waals surface area contributed by atoms with E-state index in [1.165, 1.54) is 42.5 Å². The molecule has 4 nitrogen and oxygen atoms in total. The largest absolute Gasteiger partial charge is 0.470 e. The molecule has 13 heteroatoms. The molecule has 0 bridgehead atoms. The minimum atomic E-state index is -5.15. The summed E-state index contributed by atoms with van der Waals surface area (Å²) in [5, 5.41) is 2.87. The Balaban J connectivity index is 1.66. The summed E-state index contributed by atoms with van der Waals surface area (Å²) in [5.74, 6) is -0.00343. The van der Waals surface area contributed by atoms with Crippen LogP contribution in [0.25, 0.3) is 44.5 Å². The highest BCUT2D eigenvalue weighted by molar-refractivity contribution is 6.12. The number of rotatable bonds is 3. The number of anilines is 1. The lowest BCUT2D eigenvalue weighted by molar-refractivity contribution is -0.143. The van der Waals surface area contributed by atoms with Crippen LogP contribution in [0.5, 0.6) is 5.75 Å². The predicted molar refractivity (Wildman–Crippen MR) is 134 cm³/mol. The standard InChI is InChI=1S/C29H15F9N2O2/c30-27(31,32)14-9-10-16(20(11-14)29(36,37)38)15-5-1-2-6-17(15)21-23-26(42-12-39-23)22(24-25(21)41-13-40-24)18-7-3-4-8-19(18)28(33,34)35/h1-12,40H,13H2. The SMILES string of the molecule is FC(F)(F)c1ccc(-c2ccccc2-c2c3c(c(-c4ccccc4C(F)(F)F)c4ocnc24)NCO3)c(C(F)(F)F)c1. The molecule has 2 heterocycles. The van der Waals surface area contributed by atoms with Gasteiger partial charge in [0, 0.05) is 0 Å². The van der Waals surface area contributed by atoms with Crippen LogP contribution in [0.1, 0.15) is 16.7 Å². The van der Waals surface area contributed by atoms with Crippen LogP contribution in [0.15, 0.2) is 77.5 Å². The van der Waals surface area contributed by atoms with E-state index in [9.17, 15) is 39.5 Å². The maximum Gasteiger partial charge on any atom is 0.417 e. The average molecular weight is 594 g/mol. The minimum absolute atomic E-state index is 0.00343. The van der Waals surface area contributed by atoms with Gasteiger partial charge in [0.1, 0.15) is 5.52 Å². The summed E-state index contributed by atoms with van der Waals surface area (Å²) in [5.41, 5.74) is -4.74. The maximum absolute atomic E-state index is 14.1. The van der Waals surface area contributed by atoms with Crippen LogP contribution in [-0.2, 0) is 18.5 Å². The first-order valence-corrected chi connectivity index (χ1v) is 12.1. The Bertz CT molecular complexity index is 1840. The third kappa shape index (κ3) is 4.48. The van der Waals surface area contributed by atoms with Gasteiger partial charge in [-0.1, -0.05) is 48.5 Å². The zero-order valence-corrected chi connectivity index (χ0v) is 20.8. The fourth-order valence-electron chi connectivity index (χ4n) is 5.14. The molecule has 1 aliphatic rings. The summed E-state index contributed by atoms with van der Waals surface area (Å²) in [6, 6.07) is 11.7. The molecule has 0 aliphatic carbocycles. The van der Waals surface area contributed by atoms with Crippen molar-refractivity contribution in [2.24, 2.45) is 0 Å². The van der Waals surface area contributed by atoms with Crippen molar-refractivity contribution in [1.29, 1.82) is 0 Å². The predicted octanol–water partition coefficient (Wildman–Crippen LogP) is 9.65. The van der Waals surface area contributed by atoms with Crippen LogP contribution in [0.2, 0.25) is 0 Å². The smallest absolute Gasteiger partial charge is 0.417 e. The Kier molecular flexibility index (Phi) is 6.17. The van der Waals surface area contributed by atoms with Crippen molar-refractivity contribution in [1.82, 2.24) is 4.98 Å². The third-order valence-corrected chi connectivity index (χ3v) is 6.84. The van der Waals surface area contributed by atoms with Gasteiger partial charge >= 0.3 is 18.5 Å². The van der Waals surface area contributed by atoms with E-state index in [2.05, 4.69) is 10.3 Å². The second-order valence-corrected chi connectivity index (χ2v) is 9.29. The van der Waals surface area contributed by atoms with E-state index in [-0.39, 0.29) is 63.2 Å². The molecule has 0 atom stereocenters. The molecule has 4 aromatic carbocycles. The van der Waals surface area contributed by atoms with E-state index in [0.717, 1.165) is 18.5 Å². The van der Waals surface area contributed by atoms with Crippen LogP contribution in [0, 0.1) is 0 Å². The number of alkyl halides is 9. The van der Waals surface area contributed by atoms with Crippen LogP contribution in [0.3, 0.4) is 0 Å². The van der Waals surface area contributed by atoms with Gasteiger partial charge in [0.25, 0.3) is 0 Å². The van der Waals surface area contributed by atoms with E-state index in [4.69, 9.17) is 9.15 Å². The molecule has 42 heavy (non-hydrogen) atoms. The molecule has 0 amide bonds. The number of nitrogens with zero attached hydrogens (tertiary/aromatic N) is 1. The molecule has 1 aliphatic heterocycles.